The van der Waals surface area contributed by atoms with E-state index in [1.54, 1.807) is 0 Å². The first-order valence-electron chi connectivity index (χ1n) is 7.66. The maximum Gasteiger partial charge on any atom is 0.0494 e. The Morgan fingerprint density at radius 2 is 1.65 bits per heavy atom. The molecule has 1 saturated carbocycles. The molecule has 0 aromatic carbocycles. The highest BCUT2D eigenvalue weighted by Crippen LogP contribution is 2.24. The summed E-state index contributed by atoms with van der Waals surface area (Å²) in [5.41, 5.74) is 0.503. The molecular formula is C16H32O. The number of hydrogen-bond donors (Lipinski definition) is 0. The fraction of sp³-hybridized carbons (Fsp3) is 1.00. The van der Waals surface area contributed by atoms with E-state index in [2.05, 4.69) is 20.8 Å². The van der Waals surface area contributed by atoms with E-state index in [-0.39, 0.29) is 0 Å². The third kappa shape index (κ3) is 8.65. The zero-order valence-corrected chi connectivity index (χ0v) is 12.3. The molecule has 0 saturated heterocycles. The van der Waals surface area contributed by atoms with Crippen molar-refractivity contribution in [2.24, 2.45) is 11.3 Å². The van der Waals surface area contributed by atoms with Crippen molar-refractivity contribution in [1.29, 1.82) is 0 Å². The van der Waals surface area contributed by atoms with Crippen molar-refractivity contribution in [2.75, 3.05) is 13.2 Å². The molecule has 1 fully saturated rings. The lowest BCUT2D eigenvalue weighted by Crippen LogP contribution is -2.13. The molecule has 17 heavy (non-hydrogen) atoms. The Balaban J connectivity index is 1.84. The lowest BCUT2D eigenvalue weighted by molar-refractivity contribution is 0.0821. The van der Waals surface area contributed by atoms with Crippen LogP contribution in [0.25, 0.3) is 0 Å². The van der Waals surface area contributed by atoms with Crippen LogP contribution >= 0.6 is 0 Å². The van der Waals surface area contributed by atoms with E-state index < -0.39 is 0 Å². The molecule has 0 aromatic rings. The molecule has 1 aliphatic rings. The average Bonchev–Trinajstić information content (AvgIpc) is 2.28. The van der Waals surface area contributed by atoms with Gasteiger partial charge in [0.2, 0.25) is 0 Å². The fourth-order valence-electron chi connectivity index (χ4n) is 2.64. The molecule has 102 valence electrons. The average molecular weight is 240 g/mol. The Kier molecular flexibility index (Phi) is 7.18. The maximum absolute atomic E-state index is 5.81. The molecule has 0 spiro atoms. The highest BCUT2D eigenvalue weighted by atomic mass is 16.5. The highest BCUT2D eigenvalue weighted by molar-refractivity contribution is 4.65. The van der Waals surface area contributed by atoms with Crippen molar-refractivity contribution in [2.45, 2.75) is 78.6 Å². The molecule has 1 rings (SSSR count). The Bertz CT molecular complexity index is 174. The standard InChI is InChI=1S/C16H32O/c1-16(2,3)12-8-5-9-13-17-14-15-10-6-4-7-11-15/h15H,4-14H2,1-3H3. The Morgan fingerprint density at radius 1 is 0.941 bits per heavy atom. The lowest BCUT2D eigenvalue weighted by atomic mass is 9.89. The Hall–Kier alpha value is -0.0400. The fourth-order valence-corrected chi connectivity index (χ4v) is 2.64. The smallest absolute Gasteiger partial charge is 0.0494 e. The molecule has 0 unspecified atom stereocenters. The maximum atomic E-state index is 5.81. The molecule has 0 aliphatic heterocycles. The SMILES string of the molecule is CC(C)(C)CCCCCOCC1CCCCC1. The Morgan fingerprint density at radius 3 is 2.29 bits per heavy atom. The first-order chi connectivity index (χ1) is 8.08. The van der Waals surface area contributed by atoms with E-state index in [1.807, 2.05) is 0 Å². The molecule has 1 aliphatic carbocycles. The van der Waals surface area contributed by atoms with Crippen molar-refractivity contribution in [3.63, 3.8) is 0 Å². The summed E-state index contributed by atoms with van der Waals surface area (Å²) in [6, 6.07) is 0. The summed E-state index contributed by atoms with van der Waals surface area (Å²) in [5, 5.41) is 0. The van der Waals surface area contributed by atoms with Crippen LogP contribution in [0.15, 0.2) is 0 Å². The van der Waals surface area contributed by atoms with Crippen molar-refractivity contribution in [1.82, 2.24) is 0 Å². The predicted molar refractivity (Wildman–Crippen MR) is 75.3 cm³/mol. The van der Waals surface area contributed by atoms with E-state index in [9.17, 15) is 0 Å². The van der Waals surface area contributed by atoms with Gasteiger partial charge in [0.1, 0.15) is 0 Å². The summed E-state index contributed by atoms with van der Waals surface area (Å²) >= 11 is 0. The summed E-state index contributed by atoms with van der Waals surface area (Å²) in [6.07, 6.45) is 12.4. The second-order valence-corrected chi connectivity index (χ2v) is 6.95. The normalized spacial score (nSPS) is 18.5. The van der Waals surface area contributed by atoms with E-state index in [4.69, 9.17) is 4.74 Å². The minimum atomic E-state index is 0.503. The third-order valence-corrected chi connectivity index (χ3v) is 3.79. The van der Waals surface area contributed by atoms with Gasteiger partial charge < -0.3 is 4.74 Å². The first-order valence-corrected chi connectivity index (χ1v) is 7.66. The van der Waals surface area contributed by atoms with Crippen molar-refractivity contribution in [3.8, 4) is 0 Å². The van der Waals surface area contributed by atoms with Gasteiger partial charge >= 0.3 is 0 Å². The van der Waals surface area contributed by atoms with Crippen molar-refractivity contribution in [3.05, 3.63) is 0 Å². The molecule has 0 amide bonds. The monoisotopic (exact) mass is 240 g/mol. The molecule has 1 heteroatoms. The van der Waals surface area contributed by atoms with Crippen LogP contribution < -0.4 is 0 Å². The van der Waals surface area contributed by atoms with Crippen LogP contribution in [0.5, 0.6) is 0 Å². The van der Waals surface area contributed by atoms with Crippen LogP contribution in [-0.2, 0) is 4.74 Å². The number of rotatable bonds is 7. The van der Waals surface area contributed by atoms with Crippen LogP contribution in [-0.4, -0.2) is 13.2 Å². The molecule has 0 N–H and O–H groups in total. The van der Waals surface area contributed by atoms with E-state index in [0.29, 0.717) is 5.41 Å². The number of ether oxygens (including phenoxy) is 1. The number of hydrogen-bond acceptors (Lipinski definition) is 1. The van der Waals surface area contributed by atoms with Crippen LogP contribution in [0.3, 0.4) is 0 Å². The summed E-state index contributed by atoms with van der Waals surface area (Å²) in [5.74, 6) is 0.873. The highest BCUT2D eigenvalue weighted by Gasteiger charge is 2.13. The predicted octanol–water partition coefficient (Wildman–Crippen LogP) is 5.19. The molecular weight excluding hydrogens is 208 g/mol. The van der Waals surface area contributed by atoms with Gasteiger partial charge in [-0.2, -0.15) is 0 Å². The number of unbranched alkanes of at least 4 members (excludes halogenated alkanes) is 2. The summed E-state index contributed by atoms with van der Waals surface area (Å²) in [6.45, 7) is 8.99. The second-order valence-electron chi connectivity index (χ2n) is 6.95. The van der Waals surface area contributed by atoms with Crippen LogP contribution in [0.4, 0.5) is 0 Å². The topological polar surface area (TPSA) is 9.23 Å². The summed E-state index contributed by atoms with van der Waals surface area (Å²) in [7, 11) is 0. The van der Waals surface area contributed by atoms with Gasteiger partial charge in [-0.05, 0) is 37.0 Å². The summed E-state index contributed by atoms with van der Waals surface area (Å²) < 4.78 is 5.81. The van der Waals surface area contributed by atoms with Crippen LogP contribution in [0.1, 0.15) is 78.6 Å². The zero-order chi connectivity index (χ0) is 12.6. The van der Waals surface area contributed by atoms with Crippen LogP contribution in [0, 0.1) is 11.3 Å². The minimum Gasteiger partial charge on any atom is -0.381 e. The van der Waals surface area contributed by atoms with Gasteiger partial charge in [0, 0.05) is 13.2 Å². The van der Waals surface area contributed by atoms with Gasteiger partial charge in [0.15, 0.2) is 0 Å². The molecule has 0 bridgehead atoms. The molecule has 0 atom stereocenters. The molecule has 1 nitrogen and oxygen atoms in total. The Labute approximate surface area is 108 Å². The molecule has 0 radical (unpaired) electrons. The van der Waals surface area contributed by atoms with Gasteiger partial charge in [-0.1, -0.05) is 52.9 Å². The van der Waals surface area contributed by atoms with Gasteiger partial charge in [-0.25, -0.2) is 0 Å². The van der Waals surface area contributed by atoms with Crippen LogP contribution in [0.2, 0.25) is 0 Å². The summed E-state index contributed by atoms with van der Waals surface area (Å²) in [4.78, 5) is 0. The van der Waals surface area contributed by atoms with Gasteiger partial charge in [-0.3, -0.25) is 0 Å². The van der Waals surface area contributed by atoms with Crippen molar-refractivity contribution < 1.29 is 4.74 Å². The zero-order valence-electron chi connectivity index (χ0n) is 12.3. The van der Waals surface area contributed by atoms with Gasteiger partial charge in [0.25, 0.3) is 0 Å². The lowest BCUT2D eigenvalue weighted by Gasteiger charge is -2.21. The minimum absolute atomic E-state index is 0.503. The largest absolute Gasteiger partial charge is 0.381 e. The third-order valence-electron chi connectivity index (χ3n) is 3.79. The van der Waals surface area contributed by atoms with E-state index in [0.717, 1.165) is 19.1 Å². The van der Waals surface area contributed by atoms with Crippen molar-refractivity contribution >= 4 is 0 Å². The quantitative estimate of drug-likeness (QED) is 0.556. The second kappa shape index (κ2) is 8.13. The van der Waals surface area contributed by atoms with E-state index in [1.165, 1.54) is 57.8 Å². The van der Waals surface area contributed by atoms with Gasteiger partial charge in [0.05, 0.1) is 0 Å². The van der Waals surface area contributed by atoms with E-state index >= 15 is 0 Å². The molecule has 0 aromatic heterocycles. The first kappa shape index (κ1) is 15.0. The van der Waals surface area contributed by atoms with Gasteiger partial charge in [-0.15, -0.1) is 0 Å². The molecule has 0 heterocycles.